The Morgan fingerprint density at radius 3 is 2.60 bits per heavy atom. The van der Waals surface area contributed by atoms with Crippen molar-refractivity contribution in [2.45, 2.75) is 0 Å². The highest BCUT2D eigenvalue weighted by molar-refractivity contribution is 8.03. The average Bonchev–Trinajstić information content (AvgIpc) is 1.88. The molecule has 10 heavy (non-hydrogen) atoms. The van der Waals surface area contributed by atoms with Crippen LogP contribution in [-0.4, -0.2) is 35.6 Å². The lowest BCUT2D eigenvalue weighted by atomic mass is 10.8. The number of hydrogen-bond acceptors (Lipinski definition) is 2. The molecule has 58 valence electrons. The van der Waals surface area contributed by atoms with E-state index in [-0.39, 0.29) is 16.0 Å². The van der Waals surface area contributed by atoms with Gasteiger partial charge in [0.1, 0.15) is 11.5 Å². The maximum Gasteiger partial charge on any atom is 0.235 e. The van der Waals surface area contributed by atoms with E-state index in [1.165, 1.54) is 0 Å². The van der Waals surface area contributed by atoms with E-state index in [1.54, 1.807) is 0 Å². The highest BCUT2D eigenvalue weighted by Crippen LogP contribution is 2.04. The van der Waals surface area contributed by atoms with E-state index in [4.69, 9.17) is 4.74 Å². The molecule has 0 spiro atoms. The monoisotopic (exact) mass is 179 g/mol. The largest absolute Gasteiger partial charge is 0.372 e. The summed E-state index contributed by atoms with van der Waals surface area (Å²) in [5, 5.41) is 0.0187. The molecule has 2 nitrogen and oxygen atoms in total. The fourth-order valence-corrected chi connectivity index (χ4v) is 2.97. The van der Waals surface area contributed by atoms with Crippen LogP contribution in [0.25, 0.3) is 0 Å². The number of carbonyl (C=O) groups is 1. The van der Waals surface area contributed by atoms with Crippen LogP contribution in [-0.2, 0) is 20.4 Å². The first-order chi connectivity index (χ1) is 4.79. The van der Waals surface area contributed by atoms with E-state index < -0.39 is 0 Å². The molecule has 4 heteroatoms. The van der Waals surface area contributed by atoms with Crippen molar-refractivity contribution >= 4 is 28.6 Å². The van der Waals surface area contributed by atoms with E-state index in [0.29, 0.717) is 5.75 Å². The SMILES string of the molecule is O=C(S)C[S+]1CCOCC1. The van der Waals surface area contributed by atoms with Gasteiger partial charge in [0.2, 0.25) is 5.12 Å². The molecule has 0 aliphatic carbocycles. The number of thiol groups is 1. The third kappa shape index (κ3) is 2.94. The van der Waals surface area contributed by atoms with Crippen molar-refractivity contribution < 1.29 is 9.53 Å². The van der Waals surface area contributed by atoms with Crippen molar-refractivity contribution in [3.63, 3.8) is 0 Å². The molecule has 1 fully saturated rings. The molecular formula is C6H11O2S2+. The number of carbonyl (C=O) groups excluding carboxylic acids is 1. The van der Waals surface area contributed by atoms with Crippen molar-refractivity contribution in [2.24, 2.45) is 0 Å². The summed E-state index contributed by atoms with van der Waals surface area (Å²) < 4.78 is 5.15. The van der Waals surface area contributed by atoms with Crippen LogP contribution in [0.1, 0.15) is 0 Å². The van der Waals surface area contributed by atoms with Crippen molar-refractivity contribution in [2.75, 3.05) is 30.5 Å². The van der Waals surface area contributed by atoms with Gasteiger partial charge in [0.15, 0.2) is 5.75 Å². The van der Waals surface area contributed by atoms with E-state index in [9.17, 15) is 4.79 Å². The van der Waals surface area contributed by atoms with Crippen molar-refractivity contribution in [1.29, 1.82) is 0 Å². The molecule has 1 aliphatic rings. The molecule has 1 aliphatic heterocycles. The van der Waals surface area contributed by atoms with Crippen LogP contribution in [0.4, 0.5) is 0 Å². The van der Waals surface area contributed by atoms with Crippen molar-refractivity contribution in [3.8, 4) is 0 Å². The van der Waals surface area contributed by atoms with Crippen molar-refractivity contribution in [1.82, 2.24) is 0 Å². The van der Waals surface area contributed by atoms with Gasteiger partial charge in [-0.25, -0.2) is 0 Å². The second-order valence-electron chi connectivity index (χ2n) is 2.17. The molecule has 0 saturated carbocycles. The second-order valence-corrected chi connectivity index (χ2v) is 5.00. The van der Waals surface area contributed by atoms with Gasteiger partial charge < -0.3 is 4.74 Å². The second kappa shape index (κ2) is 4.26. The average molecular weight is 179 g/mol. The van der Waals surface area contributed by atoms with Gasteiger partial charge in [-0.15, -0.1) is 12.6 Å². The quantitative estimate of drug-likeness (QED) is 0.480. The molecule has 0 unspecified atom stereocenters. The van der Waals surface area contributed by atoms with Gasteiger partial charge in [-0.2, -0.15) is 0 Å². The van der Waals surface area contributed by atoms with Gasteiger partial charge in [-0.1, -0.05) is 0 Å². The predicted molar refractivity (Wildman–Crippen MR) is 46.8 cm³/mol. The summed E-state index contributed by atoms with van der Waals surface area (Å²) in [4.78, 5) is 10.5. The van der Waals surface area contributed by atoms with Crippen LogP contribution < -0.4 is 0 Å². The Kier molecular flexibility index (Phi) is 3.59. The van der Waals surface area contributed by atoms with Gasteiger partial charge in [-0.05, 0) is 0 Å². The summed E-state index contributed by atoms with van der Waals surface area (Å²) in [6, 6.07) is 0. The van der Waals surface area contributed by atoms with Gasteiger partial charge in [-0.3, -0.25) is 4.79 Å². The first-order valence-electron chi connectivity index (χ1n) is 3.22. The normalized spacial score (nSPS) is 20.9. The molecule has 0 amide bonds. The summed E-state index contributed by atoms with van der Waals surface area (Å²) in [6.07, 6.45) is 0. The summed E-state index contributed by atoms with van der Waals surface area (Å²) in [5.74, 6) is 2.74. The Labute approximate surface area is 69.1 Å². The first kappa shape index (κ1) is 8.43. The van der Waals surface area contributed by atoms with Gasteiger partial charge in [0, 0.05) is 10.9 Å². The summed E-state index contributed by atoms with van der Waals surface area (Å²) >= 11 is 3.74. The number of hydrogen-bond donors (Lipinski definition) is 1. The predicted octanol–water partition coefficient (Wildman–Crippen LogP) is 0.0913. The van der Waals surface area contributed by atoms with E-state index in [0.717, 1.165) is 24.7 Å². The fraction of sp³-hybridized carbons (Fsp3) is 0.833. The standard InChI is InChI=1S/C6H10O2S2/c7-6(9)5-10-3-1-8-2-4-10/h1-5H2/p+1. The lowest BCUT2D eigenvalue weighted by molar-refractivity contribution is -0.108. The first-order valence-corrected chi connectivity index (χ1v) is 5.40. The molecule has 0 N–H and O–H groups in total. The summed E-state index contributed by atoms with van der Waals surface area (Å²) in [7, 11) is 0.274. The van der Waals surface area contributed by atoms with Crippen LogP contribution in [0.3, 0.4) is 0 Å². The summed E-state index contributed by atoms with van der Waals surface area (Å²) in [5.41, 5.74) is 0. The highest BCUT2D eigenvalue weighted by atomic mass is 32.2. The third-order valence-corrected chi connectivity index (χ3v) is 3.89. The zero-order valence-corrected chi connectivity index (χ0v) is 7.42. The Bertz CT molecular complexity index is 121. The Morgan fingerprint density at radius 2 is 2.10 bits per heavy atom. The van der Waals surface area contributed by atoms with Gasteiger partial charge >= 0.3 is 0 Å². The smallest absolute Gasteiger partial charge is 0.235 e. The topological polar surface area (TPSA) is 26.3 Å². The molecule has 1 heterocycles. The molecule has 0 aromatic heterocycles. The van der Waals surface area contributed by atoms with Gasteiger partial charge in [0.05, 0.1) is 13.2 Å². The molecule has 1 rings (SSSR count). The van der Waals surface area contributed by atoms with Crippen LogP contribution in [0.15, 0.2) is 0 Å². The molecule has 0 aromatic rings. The van der Waals surface area contributed by atoms with Crippen molar-refractivity contribution in [3.05, 3.63) is 0 Å². The van der Waals surface area contributed by atoms with Crippen LogP contribution in [0.5, 0.6) is 0 Å². The minimum atomic E-state index is 0.0187. The number of ether oxygens (including phenoxy) is 1. The minimum Gasteiger partial charge on any atom is -0.372 e. The molecule has 0 bridgehead atoms. The molecule has 0 atom stereocenters. The van der Waals surface area contributed by atoms with E-state index in [2.05, 4.69) is 12.6 Å². The lowest BCUT2D eigenvalue weighted by Crippen LogP contribution is -2.30. The fourth-order valence-electron chi connectivity index (χ4n) is 0.877. The minimum absolute atomic E-state index is 0.0187. The molecule has 0 radical (unpaired) electrons. The van der Waals surface area contributed by atoms with Crippen LogP contribution in [0, 0.1) is 0 Å². The third-order valence-electron chi connectivity index (χ3n) is 1.36. The zero-order chi connectivity index (χ0) is 7.40. The molecular weight excluding hydrogens is 168 g/mol. The molecule has 0 aromatic carbocycles. The maximum absolute atomic E-state index is 10.5. The van der Waals surface area contributed by atoms with E-state index >= 15 is 0 Å². The van der Waals surface area contributed by atoms with Crippen LogP contribution in [0.2, 0.25) is 0 Å². The highest BCUT2D eigenvalue weighted by Gasteiger charge is 2.23. The Morgan fingerprint density at radius 1 is 1.50 bits per heavy atom. The molecule has 1 saturated heterocycles. The lowest BCUT2D eigenvalue weighted by Gasteiger charge is -2.12. The maximum atomic E-state index is 10.5. The number of rotatable bonds is 2. The van der Waals surface area contributed by atoms with Crippen LogP contribution >= 0.6 is 12.6 Å². The summed E-state index contributed by atoms with van der Waals surface area (Å²) in [6.45, 7) is 1.65. The zero-order valence-electron chi connectivity index (χ0n) is 5.71. The Hall–Kier alpha value is 0.330. The van der Waals surface area contributed by atoms with E-state index in [1.807, 2.05) is 0 Å². The Balaban J connectivity index is 2.19. The van der Waals surface area contributed by atoms with Gasteiger partial charge in [0.25, 0.3) is 0 Å².